The summed E-state index contributed by atoms with van der Waals surface area (Å²) in [6.45, 7) is 8.24. The first-order valence-corrected chi connectivity index (χ1v) is 10.5. The normalized spacial score (nSPS) is 10.9. The first kappa shape index (κ1) is 23.4. The van der Waals surface area contributed by atoms with Crippen LogP contribution in [0.25, 0.3) is 11.5 Å². The van der Waals surface area contributed by atoms with Crippen LogP contribution < -0.4 is 4.74 Å². The van der Waals surface area contributed by atoms with Gasteiger partial charge in [-0.2, -0.15) is 4.98 Å². The summed E-state index contributed by atoms with van der Waals surface area (Å²) in [6, 6.07) is 14.0. The number of ketones is 1. The molecule has 0 aliphatic heterocycles. The summed E-state index contributed by atoms with van der Waals surface area (Å²) in [5, 5.41) is 0.468. The van der Waals surface area contributed by atoms with Crippen LogP contribution >= 0.6 is 11.6 Å². The summed E-state index contributed by atoms with van der Waals surface area (Å²) in [6.07, 6.45) is 1.25. The Kier molecular flexibility index (Phi) is 7.98. The van der Waals surface area contributed by atoms with Gasteiger partial charge in [0.2, 0.25) is 5.89 Å². The molecule has 0 spiro atoms. The maximum Gasteiger partial charge on any atom is 0.320 e. The molecule has 0 N–H and O–H groups in total. The molecule has 0 atom stereocenters. The second kappa shape index (κ2) is 10.9. The van der Waals surface area contributed by atoms with Gasteiger partial charge < -0.3 is 13.9 Å². The van der Waals surface area contributed by atoms with E-state index in [2.05, 4.69) is 11.6 Å². The van der Waals surface area contributed by atoms with Gasteiger partial charge in [-0.25, -0.2) is 0 Å². The van der Waals surface area contributed by atoms with E-state index in [4.69, 9.17) is 25.5 Å². The van der Waals surface area contributed by atoms with E-state index in [0.717, 1.165) is 5.56 Å². The first-order chi connectivity index (χ1) is 15.4. The number of nitrogens with zero attached hydrogens (tertiary/aromatic N) is 1. The number of rotatable bonds is 10. The molecule has 0 saturated carbocycles. The minimum atomic E-state index is -0.714. The molecule has 32 heavy (non-hydrogen) atoms. The number of oxazole rings is 1. The second-order valence-electron chi connectivity index (χ2n) is 7.40. The lowest BCUT2D eigenvalue weighted by atomic mass is 10.1. The number of benzene rings is 2. The molecule has 0 aliphatic rings. The smallest absolute Gasteiger partial charge is 0.320 e. The topological polar surface area (TPSA) is 78.6 Å². The van der Waals surface area contributed by atoms with Gasteiger partial charge >= 0.3 is 5.97 Å². The molecule has 2 aromatic carbocycles. The number of hydrogen-bond acceptors (Lipinski definition) is 6. The molecule has 7 heteroatoms. The third kappa shape index (κ3) is 5.93. The first-order valence-electron chi connectivity index (χ1n) is 10.2. The average Bonchev–Trinajstić information content (AvgIpc) is 3.18. The van der Waals surface area contributed by atoms with Crippen molar-refractivity contribution in [2.24, 2.45) is 0 Å². The molecule has 0 unspecified atom stereocenters. The van der Waals surface area contributed by atoms with Crippen LogP contribution in [-0.4, -0.2) is 23.3 Å². The molecule has 0 fully saturated rings. The van der Waals surface area contributed by atoms with E-state index in [1.807, 2.05) is 19.9 Å². The van der Waals surface area contributed by atoms with Crippen molar-refractivity contribution >= 4 is 23.4 Å². The van der Waals surface area contributed by atoms with E-state index in [9.17, 15) is 9.59 Å². The van der Waals surface area contributed by atoms with Crippen molar-refractivity contribution in [2.45, 2.75) is 32.8 Å². The van der Waals surface area contributed by atoms with Crippen LogP contribution in [0.1, 0.15) is 47.9 Å². The molecule has 6 nitrogen and oxygen atoms in total. The minimum Gasteiger partial charge on any atom is -0.437 e. The number of halogens is 1. The standard InChI is InChI=1S/C25H24ClNO5/c1-4-13-30-15-17-9-11-18(12-10-17)21(28)14-22(29)31-25-23(16(2)3)32-24(27-25)19-7-5-6-8-20(19)26/h4-12,16H,1,13-15H2,2-3H3. The van der Waals surface area contributed by atoms with Crippen LogP contribution in [0.5, 0.6) is 5.88 Å². The number of Topliss-reactive ketones (excluding diaryl/α,β-unsaturated/α-hetero) is 1. The van der Waals surface area contributed by atoms with Crippen LogP contribution in [0.15, 0.2) is 65.6 Å². The number of aromatic nitrogens is 1. The van der Waals surface area contributed by atoms with Gasteiger partial charge in [0.05, 0.1) is 23.8 Å². The van der Waals surface area contributed by atoms with Crippen molar-refractivity contribution in [3.63, 3.8) is 0 Å². The molecule has 1 heterocycles. The van der Waals surface area contributed by atoms with Crippen LogP contribution in [0.2, 0.25) is 5.02 Å². The lowest BCUT2D eigenvalue weighted by Crippen LogP contribution is -2.15. The Labute approximate surface area is 191 Å². The van der Waals surface area contributed by atoms with Crippen molar-refractivity contribution in [1.82, 2.24) is 4.98 Å². The Hall–Kier alpha value is -3.22. The number of carbonyl (C=O) groups excluding carboxylic acids is 2. The van der Waals surface area contributed by atoms with Crippen LogP contribution in [0.4, 0.5) is 0 Å². The average molecular weight is 454 g/mol. The molecular formula is C25H24ClNO5. The van der Waals surface area contributed by atoms with Crippen LogP contribution in [0, 0.1) is 0 Å². The van der Waals surface area contributed by atoms with Crippen molar-refractivity contribution in [1.29, 1.82) is 0 Å². The van der Waals surface area contributed by atoms with E-state index in [1.165, 1.54) is 0 Å². The minimum absolute atomic E-state index is 0.0439. The summed E-state index contributed by atoms with van der Waals surface area (Å²) in [5.74, 6) is -0.452. The molecule has 0 saturated heterocycles. The highest BCUT2D eigenvalue weighted by Gasteiger charge is 2.23. The third-order valence-electron chi connectivity index (χ3n) is 4.54. The van der Waals surface area contributed by atoms with Crippen LogP contribution in [-0.2, 0) is 16.1 Å². The number of carbonyl (C=O) groups is 2. The largest absolute Gasteiger partial charge is 0.437 e. The Morgan fingerprint density at radius 3 is 2.53 bits per heavy atom. The Bertz CT molecular complexity index is 1100. The predicted molar refractivity (Wildman–Crippen MR) is 122 cm³/mol. The summed E-state index contributed by atoms with van der Waals surface area (Å²) < 4.78 is 16.6. The zero-order valence-electron chi connectivity index (χ0n) is 18.0. The molecule has 3 aromatic rings. The fourth-order valence-corrected chi connectivity index (χ4v) is 3.15. The van der Waals surface area contributed by atoms with Crippen molar-refractivity contribution < 1.29 is 23.5 Å². The van der Waals surface area contributed by atoms with E-state index in [0.29, 0.717) is 35.1 Å². The maximum atomic E-state index is 12.5. The molecule has 0 amide bonds. The lowest BCUT2D eigenvalue weighted by molar-refractivity contribution is -0.133. The number of hydrogen-bond donors (Lipinski definition) is 0. The van der Waals surface area contributed by atoms with E-state index < -0.39 is 12.4 Å². The Morgan fingerprint density at radius 1 is 1.16 bits per heavy atom. The maximum absolute atomic E-state index is 12.5. The SMILES string of the molecule is C=CCOCc1ccc(C(=O)CC(=O)Oc2nc(-c3ccccc3Cl)oc2C(C)C)cc1. The monoisotopic (exact) mass is 453 g/mol. The van der Waals surface area contributed by atoms with Gasteiger partial charge in [-0.3, -0.25) is 9.59 Å². The predicted octanol–water partition coefficient (Wildman–Crippen LogP) is 6.00. The molecule has 166 valence electrons. The number of ether oxygens (including phenoxy) is 2. The summed E-state index contributed by atoms with van der Waals surface area (Å²) in [7, 11) is 0. The molecule has 0 radical (unpaired) electrons. The van der Waals surface area contributed by atoms with Gasteiger partial charge in [0.1, 0.15) is 6.42 Å². The number of esters is 1. The fourth-order valence-electron chi connectivity index (χ4n) is 2.93. The Morgan fingerprint density at radius 2 is 1.88 bits per heavy atom. The fraction of sp³-hybridized carbons (Fsp3) is 0.240. The van der Waals surface area contributed by atoms with Crippen molar-refractivity contribution in [2.75, 3.05) is 6.61 Å². The van der Waals surface area contributed by atoms with Crippen molar-refractivity contribution in [3.05, 3.63) is 83.1 Å². The zero-order valence-corrected chi connectivity index (χ0v) is 18.7. The van der Waals surface area contributed by atoms with E-state index >= 15 is 0 Å². The zero-order chi connectivity index (χ0) is 23.1. The van der Waals surface area contributed by atoms with Gasteiger partial charge in [0.25, 0.3) is 5.88 Å². The molecule has 3 rings (SSSR count). The van der Waals surface area contributed by atoms with E-state index in [1.54, 1.807) is 48.5 Å². The van der Waals surface area contributed by atoms with Crippen molar-refractivity contribution in [3.8, 4) is 17.3 Å². The van der Waals surface area contributed by atoms with E-state index in [-0.39, 0.29) is 23.5 Å². The molecule has 0 bridgehead atoms. The van der Waals surface area contributed by atoms with Gasteiger partial charge in [0, 0.05) is 11.5 Å². The Balaban J connectivity index is 1.68. The second-order valence-corrected chi connectivity index (χ2v) is 7.80. The quantitative estimate of drug-likeness (QED) is 0.123. The molecular weight excluding hydrogens is 430 g/mol. The highest BCUT2D eigenvalue weighted by atomic mass is 35.5. The highest BCUT2D eigenvalue weighted by Crippen LogP contribution is 2.34. The van der Waals surface area contributed by atoms with Gasteiger partial charge in [-0.05, 0) is 17.7 Å². The van der Waals surface area contributed by atoms with Gasteiger partial charge in [-0.1, -0.05) is 67.9 Å². The van der Waals surface area contributed by atoms with Gasteiger partial charge in [-0.15, -0.1) is 6.58 Å². The lowest BCUT2D eigenvalue weighted by Gasteiger charge is -2.06. The van der Waals surface area contributed by atoms with Gasteiger partial charge in [0.15, 0.2) is 11.5 Å². The highest BCUT2D eigenvalue weighted by molar-refractivity contribution is 6.33. The van der Waals surface area contributed by atoms with Crippen LogP contribution in [0.3, 0.4) is 0 Å². The third-order valence-corrected chi connectivity index (χ3v) is 4.87. The summed E-state index contributed by atoms with van der Waals surface area (Å²) in [4.78, 5) is 29.2. The molecule has 0 aliphatic carbocycles. The molecule has 1 aromatic heterocycles. The summed E-state index contributed by atoms with van der Waals surface area (Å²) in [5.41, 5.74) is 1.92. The summed E-state index contributed by atoms with van der Waals surface area (Å²) >= 11 is 6.22.